The third-order valence-electron chi connectivity index (χ3n) is 15.5. The van der Waals surface area contributed by atoms with E-state index in [0.29, 0.717) is 61.3 Å². The Kier molecular flexibility index (Phi) is 12.8. The fourth-order valence-electron chi connectivity index (χ4n) is 11.9. The summed E-state index contributed by atoms with van der Waals surface area (Å²) in [5, 5.41) is 31.2. The summed E-state index contributed by atoms with van der Waals surface area (Å²) in [5.41, 5.74) is -2.34. The van der Waals surface area contributed by atoms with Gasteiger partial charge in [-0.2, -0.15) is 0 Å². The number of allylic oxidation sites excluding steroid dienone is 4. The van der Waals surface area contributed by atoms with E-state index in [2.05, 4.69) is 10.6 Å². The molecular formula is C49H63FN2O10. The molecule has 62 heavy (non-hydrogen) atoms. The van der Waals surface area contributed by atoms with Crippen molar-refractivity contribution in [3.63, 3.8) is 0 Å². The maximum Gasteiger partial charge on any atom is 0.407 e. The summed E-state index contributed by atoms with van der Waals surface area (Å²) in [6.07, 6.45) is 11.3. The topological polar surface area (TPSA) is 185 Å². The number of carbonyl (C=O) groups excluding carboxylic acids is 4. The molecule has 336 valence electrons. The highest BCUT2D eigenvalue weighted by atomic mass is 19.1. The first kappa shape index (κ1) is 45.4. The number of ether oxygens (including phenoxy) is 1. The third-order valence-corrected chi connectivity index (χ3v) is 15.5. The molecule has 4 aliphatic rings. The number of alkyl carbamates (subject to hydrolysis) is 1. The molecule has 2 aromatic heterocycles. The van der Waals surface area contributed by atoms with Gasteiger partial charge in [-0.25, -0.2) is 14.0 Å². The minimum Gasteiger partial charge on any atom is -0.461 e. The van der Waals surface area contributed by atoms with Crippen molar-refractivity contribution in [1.82, 2.24) is 10.6 Å². The third kappa shape index (κ3) is 7.75. The number of alkyl halides is 1. The Morgan fingerprint density at radius 3 is 2.32 bits per heavy atom. The van der Waals surface area contributed by atoms with Crippen molar-refractivity contribution >= 4 is 45.5 Å². The Labute approximate surface area is 362 Å². The summed E-state index contributed by atoms with van der Waals surface area (Å²) < 4.78 is 34.2. The Morgan fingerprint density at radius 1 is 0.919 bits per heavy atom. The molecule has 0 aliphatic heterocycles. The van der Waals surface area contributed by atoms with E-state index in [-0.39, 0.29) is 18.1 Å². The number of hydrogen-bond acceptors (Lipinski definition) is 10. The Hall–Kier alpha value is -4.62. The maximum absolute atomic E-state index is 17.4. The van der Waals surface area contributed by atoms with Gasteiger partial charge in [0.15, 0.2) is 18.1 Å². The molecule has 1 aromatic carbocycles. The number of aliphatic hydroxyl groups is 2. The minimum absolute atomic E-state index is 0.0118. The van der Waals surface area contributed by atoms with Crippen LogP contribution < -0.4 is 16.3 Å². The molecule has 0 saturated heterocycles. The van der Waals surface area contributed by atoms with E-state index in [1.165, 1.54) is 18.2 Å². The van der Waals surface area contributed by atoms with Crippen LogP contribution in [0, 0.1) is 49.4 Å². The molecule has 0 bridgehead atoms. The lowest BCUT2D eigenvalue weighted by atomic mass is 9.44. The number of hydrogen-bond donors (Lipinski definition) is 4. The number of halogens is 1. The second-order valence-corrected chi connectivity index (χ2v) is 19.1. The van der Waals surface area contributed by atoms with Crippen LogP contribution in [0.25, 0.3) is 21.9 Å². The summed E-state index contributed by atoms with van der Waals surface area (Å²) in [4.78, 5) is 63.1. The van der Waals surface area contributed by atoms with Crippen molar-refractivity contribution < 1.29 is 47.4 Å². The number of aryl methyl sites for hydroxylation is 3. The van der Waals surface area contributed by atoms with Crippen LogP contribution in [0.4, 0.5) is 9.18 Å². The Balaban J connectivity index is 0.768. The first-order valence-electron chi connectivity index (χ1n) is 22.6. The number of nitrogens with one attached hydrogen (secondary N) is 2. The molecule has 0 spiro atoms. The van der Waals surface area contributed by atoms with Crippen LogP contribution in [0.2, 0.25) is 0 Å². The first-order valence-corrected chi connectivity index (χ1v) is 22.6. The van der Waals surface area contributed by atoms with Crippen LogP contribution in [0.15, 0.2) is 49.6 Å². The van der Waals surface area contributed by atoms with E-state index in [1.807, 2.05) is 26.8 Å². The summed E-state index contributed by atoms with van der Waals surface area (Å²) in [5.74, 6) is -1.72. The van der Waals surface area contributed by atoms with Crippen molar-refractivity contribution in [3.8, 4) is 0 Å². The van der Waals surface area contributed by atoms with Crippen LogP contribution in [-0.2, 0) is 25.7 Å². The first-order chi connectivity index (χ1) is 29.4. The van der Waals surface area contributed by atoms with Crippen molar-refractivity contribution in [3.05, 3.63) is 68.8 Å². The number of unbranched alkanes of at least 4 members (excludes halogenated alkanes) is 7. The number of amides is 2. The fraction of sp³-hybridized carbons (Fsp3) is 0.612. The van der Waals surface area contributed by atoms with Gasteiger partial charge in [0, 0.05) is 64.2 Å². The second kappa shape index (κ2) is 17.5. The predicted octanol–water partition coefficient (Wildman–Crippen LogP) is 8.23. The molecule has 12 nitrogen and oxygen atoms in total. The van der Waals surface area contributed by atoms with E-state index in [1.54, 1.807) is 26.8 Å². The number of Topliss-reactive ketones (excluding diaryl/α,β-unsaturated/α-hetero) is 1. The molecule has 0 radical (unpaired) electrons. The van der Waals surface area contributed by atoms with Crippen LogP contribution >= 0.6 is 0 Å². The van der Waals surface area contributed by atoms with Gasteiger partial charge in [-0.05, 0) is 102 Å². The van der Waals surface area contributed by atoms with Gasteiger partial charge in [-0.1, -0.05) is 64.0 Å². The van der Waals surface area contributed by atoms with Crippen LogP contribution in [0.5, 0.6) is 0 Å². The molecule has 3 saturated carbocycles. The number of furan rings is 1. The molecule has 7 rings (SSSR count). The van der Waals surface area contributed by atoms with Gasteiger partial charge in [-0.15, -0.1) is 0 Å². The number of benzene rings is 1. The molecule has 13 heteroatoms. The Bertz CT molecular complexity index is 2380. The fourth-order valence-corrected chi connectivity index (χ4v) is 11.9. The number of carbonyl (C=O) groups is 4. The van der Waals surface area contributed by atoms with Crippen molar-refractivity contribution in [2.24, 2.45) is 28.6 Å². The maximum atomic E-state index is 17.4. The predicted molar refractivity (Wildman–Crippen MR) is 232 cm³/mol. The van der Waals surface area contributed by atoms with E-state index < -0.39 is 70.1 Å². The van der Waals surface area contributed by atoms with Gasteiger partial charge < -0.3 is 34.4 Å². The van der Waals surface area contributed by atoms with Gasteiger partial charge in [0.25, 0.3) is 0 Å². The molecule has 2 heterocycles. The highest BCUT2D eigenvalue weighted by Crippen LogP contribution is 2.70. The number of aliphatic hydroxyl groups excluding tert-OH is 1. The van der Waals surface area contributed by atoms with E-state index in [0.717, 1.165) is 78.8 Å². The molecule has 5 unspecified atom stereocenters. The van der Waals surface area contributed by atoms with Crippen LogP contribution in [-0.4, -0.2) is 64.3 Å². The zero-order chi connectivity index (χ0) is 44.8. The summed E-state index contributed by atoms with van der Waals surface area (Å²) in [7, 11) is 0. The summed E-state index contributed by atoms with van der Waals surface area (Å²) in [6, 6.07) is 3.44. The number of fused-ring (bicyclic) bond motifs is 7. The van der Waals surface area contributed by atoms with Crippen LogP contribution in [0.1, 0.15) is 127 Å². The summed E-state index contributed by atoms with van der Waals surface area (Å²) >= 11 is 0. The lowest BCUT2D eigenvalue weighted by Gasteiger charge is -2.62. The zero-order valence-corrected chi connectivity index (χ0v) is 37.0. The van der Waals surface area contributed by atoms with Gasteiger partial charge in [0.05, 0.1) is 6.10 Å². The van der Waals surface area contributed by atoms with Gasteiger partial charge in [0.1, 0.15) is 22.5 Å². The number of ketones is 2. The Morgan fingerprint density at radius 2 is 1.60 bits per heavy atom. The van der Waals surface area contributed by atoms with Gasteiger partial charge in [-0.3, -0.25) is 14.4 Å². The number of rotatable bonds is 16. The van der Waals surface area contributed by atoms with E-state index in [9.17, 15) is 34.2 Å². The standard InChI is InChI=1S/C49H63FN2O10/c1-28-21-42(57)62-43-30(3)44-35(24-34(28)43)36(31(4)61-44)26-52-41(56)15-13-11-9-7-8-10-12-14-20-51-45(58)60-27-40(55)49(59)29(2)22-38-37-17-16-32-23-33(53)18-19-46(32,5)48(37,50)39(54)25-47(38,49)6/h18-19,21,23-24,29,37-39,54,59H,7-17,20,22,25-27H2,1-6H3,(H,51,58)(H,52,56)/t29-,37?,38?,39?,46?,47?,48+,49+/m1/s1. The highest BCUT2D eigenvalue weighted by molar-refractivity contribution is 6.01. The van der Waals surface area contributed by atoms with E-state index >= 15 is 4.39 Å². The largest absolute Gasteiger partial charge is 0.461 e. The lowest BCUT2D eigenvalue weighted by Crippen LogP contribution is -2.69. The lowest BCUT2D eigenvalue weighted by molar-refractivity contribution is -0.219. The second-order valence-electron chi connectivity index (χ2n) is 19.1. The van der Waals surface area contributed by atoms with Gasteiger partial charge >= 0.3 is 11.7 Å². The molecule has 3 aromatic rings. The average Bonchev–Trinajstić information content (AvgIpc) is 3.65. The summed E-state index contributed by atoms with van der Waals surface area (Å²) in [6.45, 7) is 11.0. The molecular weight excluding hydrogens is 796 g/mol. The van der Waals surface area contributed by atoms with Crippen molar-refractivity contribution in [1.29, 1.82) is 0 Å². The molecule has 2 amide bonds. The quantitative estimate of drug-likeness (QED) is 0.0808. The molecule has 4 N–H and O–H groups in total. The van der Waals surface area contributed by atoms with Crippen molar-refractivity contribution in [2.75, 3.05) is 13.2 Å². The zero-order valence-electron chi connectivity index (χ0n) is 37.0. The average molecular weight is 859 g/mol. The SMILES string of the molecule is Cc1oc2c(C)c3oc(=O)cc(C)c3cc2c1CNC(=O)CCCCCCCCCCNC(=O)OCC(=O)[C@@]1(O)[C@H](C)CC2C3CCC4=CC(=O)C=CC4(C)[C@@]3(F)C(O)CC21C. The normalized spacial score (nSPS) is 30.1. The monoisotopic (exact) mass is 858 g/mol. The smallest absolute Gasteiger partial charge is 0.407 e. The van der Waals surface area contributed by atoms with Crippen LogP contribution in [0.3, 0.4) is 0 Å². The van der Waals surface area contributed by atoms with Gasteiger partial charge in [0.2, 0.25) is 11.7 Å². The molecule has 4 aliphatic carbocycles. The molecule has 8 atom stereocenters. The van der Waals surface area contributed by atoms with Crippen molar-refractivity contribution in [2.45, 2.75) is 149 Å². The molecule has 3 fully saturated rings. The van der Waals surface area contributed by atoms with E-state index in [4.69, 9.17) is 13.6 Å². The highest BCUT2D eigenvalue weighted by Gasteiger charge is 2.75. The minimum atomic E-state index is -2.07.